The number of hydrogen-bond acceptors (Lipinski definition) is 5. The second-order valence-corrected chi connectivity index (χ2v) is 6.71. The Morgan fingerprint density at radius 1 is 1.28 bits per heavy atom. The predicted molar refractivity (Wildman–Crippen MR) is 97.9 cm³/mol. The van der Waals surface area contributed by atoms with Crippen LogP contribution < -0.4 is 10.6 Å². The van der Waals surface area contributed by atoms with E-state index in [4.69, 9.17) is 10.2 Å². The molecule has 2 aromatic rings. The molecule has 1 fully saturated rings. The second-order valence-electron chi connectivity index (χ2n) is 6.71. The molecule has 0 unspecified atom stereocenters. The lowest BCUT2D eigenvalue weighted by molar-refractivity contribution is 0.1000. The highest BCUT2D eigenvalue weighted by Gasteiger charge is 2.22. The Balaban J connectivity index is 1.51. The van der Waals surface area contributed by atoms with E-state index in [-0.39, 0.29) is 0 Å². The highest BCUT2D eigenvalue weighted by atomic mass is 16.3. The van der Waals surface area contributed by atoms with Gasteiger partial charge in [-0.2, -0.15) is 0 Å². The normalized spacial score (nSPS) is 16.8. The van der Waals surface area contributed by atoms with E-state index >= 15 is 0 Å². The maximum Gasteiger partial charge on any atom is 0.252 e. The van der Waals surface area contributed by atoms with Gasteiger partial charge in [-0.25, -0.2) is 4.98 Å². The van der Waals surface area contributed by atoms with Crippen LogP contribution in [0.4, 0.5) is 5.82 Å². The lowest BCUT2D eigenvalue weighted by Gasteiger charge is -2.36. The maximum absolute atomic E-state index is 11.6. The van der Waals surface area contributed by atoms with Crippen molar-refractivity contribution >= 4 is 11.7 Å². The molecule has 2 N–H and O–H groups in total. The lowest BCUT2D eigenvalue weighted by Crippen LogP contribution is -2.47. The number of pyridine rings is 1. The summed E-state index contributed by atoms with van der Waals surface area (Å²) < 4.78 is 5.72. The summed E-state index contributed by atoms with van der Waals surface area (Å²) in [5.74, 6) is 2.73. The van der Waals surface area contributed by atoms with Gasteiger partial charge in [-0.3, -0.25) is 9.69 Å². The molecular weight excluding hydrogens is 316 g/mol. The van der Waals surface area contributed by atoms with E-state index in [1.54, 1.807) is 18.3 Å². The fourth-order valence-corrected chi connectivity index (χ4v) is 3.26. The molecule has 1 atom stereocenters. The van der Waals surface area contributed by atoms with E-state index in [2.05, 4.69) is 27.8 Å². The van der Waals surface area contributed by atoms with Crippen LogP contribution in [0.2, 0.25) is 0 Å². The average Bonchev–Trinajstić information content (AvgIpc) is 3.06. The average molecular weight is 342 g/mol. The lowest BCUT2D eigenvalue weighted by atomic mass is 10.0. The van der Waals surface area contributed by atoms with Crippen molar-refractivity contribution in [1.82, 2.24) is 9.88 Å². The van der Waals surface area contributed by atoms with Crippen LogP contribution >= 0.6 is 0 Å². The Morgan fingerprint density at radius 3 is 2.68 bits per heavy atom. The predicted octanol–water partition coefficient (Wildman–Crippen LogP) is 2.40. The monoisotopic (exact) mass is 342 g/mol. The van der Waals surface area contributed by atoms with Gasteiger partial charge in [0.1, 0.15) is 17.3 Å². The Bertz CT molecular complexity index is 720. The van der Waals surface area contributed by atoms with Gasteiger partial charge in [0.25, 0.3) is 5.91 Å². The summed E-state index contributed by atoms with van der Waals surface area (Å²) in [7, 11) is 0. The molecule has 2 aromatic heterocycles. The molecule has 0 bridgehead atoms. The molecule has 0 spiro atoms. The van der Waals surface area contributed by atoms with Crippen LogP contribution in [-0.4, -0.2) is 48.5 Å². The van der Waals surface area contributed by atoms with Crippen LogP contribution in [0.15, 0.2) is 34.9 Å². The van der Waals surface area contributed by atoms with Crippen molar-refractivity contribution in [2.45, 2.75) is 26.2 Å². The van der Waals surface area contributed by atoms with Crippen LogP contribution in [0, 0.1) is 6.92 Å². The van der Waals surface area contributed by atoms with E-state index in [1.165, 1.54) is 0 Å². The van der Waals surface area contributed by atoms with Gasteiger partial charge >= 0.3 is 0 Å². The van der Waals surface area contributed by atoms with Gasteiger partial charge in [0.15, 0.2) is 0 Å². The summed E-state index contributed by atoms with van der Waals surface area (Å²) >= 11 is 0. The third kappa shape index (κ3) is 4.20. The van der Waals surface area contributed by atoms with Crippen molar-refractivity contribution in [2.24, 2.45) is 5.73 Å². The Labute approximate surface area is 148 Å². The summed E-state index contributed by atoms with van der Waals surface area (Å²) in [6.07, 6.45) is 2.78. The first-order chi connectivity index (χ1) is 12.0. The standard InChI is InChI=1S/C19H26N4O2/c1-14(17-6-5-15(2)25-17)7-9-22-10-12-23(13-11-22)19-16(18(20)24)4-3-8-21-19/h3-6,8,14H,7,9-13H2,1-2H3,(H2,20,24)/t14-/m1/s1. The quantitative estimate of drug-likeness (QED) is 0.872. The first kappa shape index (κ1) is 17.5. The minimum atomic E-state index is -0.423. The molecule has 1 aliphatic heterocycles. The van der Waals surface area contributed by atoms with Crippen molar-refractivity contribution in [1.29, 1.82) is 0 Å². The van der Waals surface area contributed by atoms with E-state index in [1.807, 2.05) is 13.0 Å². The number of piperazine rings is 1. The first-order valence-electron chi connectivity index (χ1n) is 8.83. The highest BCUT2D eigenvalue weighted by Crippen LogP contribution is 2.23. The van der Waals surface area contributed by atoms with Gasteiger partial charge in [0, 0.05) is 38.3 Å². The number of rotatable bonds is 6. The Morgan fingerprint density at radius 2 is 2.04 bits per heavy atom. The molecule has 0 aliphatic carbocycles. The molecule has 6 nitrogen and oxygen atoms in total. The van der Waals surface area contributed by atoms with Crippen molar-refractivity contribution in [3.8, 4) is 0 Å². The number of carbonyl (C=O) groups excluding carboxylic acids is 1. The molecule has 6 heteroatoms. The van der Waals surface area contributed by atoms with Crippen LogP contribution in [0.1, 0.15) is 41.1 Å². The van der Waals surface area contributed by atoms with E-state index < -0.39 is 5.91 Å². The van der Waals surface area contributed by atoms with Crippen LogP contribution in [0.25, 0.3) is 0 Å². The molecule has 0 radical (unpaired) electrons. The number of primary amides is 1. The number of furan rings is 1. The Kier molecular flexibility index (Phi) is 5.38. The molecule has 0 aromatic carbocycles. The molecule has 1 amide bonds. The second kappa shape index (κ2) is 7.70. The summed E-state index contributed by atoms with van der Waals surface area (Å²) in [6.45, 7) is 8.85. The van der Waals surface area contributed by atoms with Crippen LogP contribution in [0.5, 0.6) is 0 Å². The molecule has 0 saturated carbocycles. The van der Waals surface area contributed by atoms with Crippen molar-refractivity contribution in [3.63, 3.8) is 0 Å². The van der Waals surface area contributed by atoms with Gasteiger partial charge < -0.3 is 15.1 Å². The van der Waals surface area contributed by atoms with Gasteiger partial charge in [0.2, 0.25) is 0 Å². The molecule has 134 valence electrons. The van der Waals surface area contributed by atoms with E-state index in [0.29, 0.717) is 17.3 Å². The third-order valence-electron chi connectivity index (χ3n) is 4.85. The fraction of sp³-hybridized carbons (Fsp3) is 0.474. The maximum atomic E-state index is 11.6. The van der Waals surface area contributed by atoms with Gasteiger partial charge in [-0.05, 0) is 44.2 Å². The number of aryl methyl sites for hydroxylation is 1. The molecule has 1 aliphatic rings. The van der Waals surface area contributed by atoms with E-state index in [0.717, 1.165) is 50.7 Å². The summed E-state index contributed by atoms with van der Waals surface area (Å²) in [5.41, 5.74) is 5.96. The zero-order valence-electron chi connectivity index (χ0n) is 14.9. The SMILES string of the molecule is Cc1ccc([C@H](C)CCN2CCN(c3ncccc3C(N)=O)CC2)o1. The van der Waals surface area contributed by atoms with Crippen molar-refractivity contribution in [2.75, 3.05) is 37.6 Å². The van der Waals surface area contributed by atoms with Gasteiger partial charge in [0.05, 0.1) is 5.56 Å². The zero-order valence-corrected chi connectivity index (χ0v) is 14.9. The summed E-state index contributed by atoms with van der Waals surface area (Å²) in [4.78, 5) is 20.5. The number of nitrogens with two attached hydrogens (primary N) is 1. The fourth-order valence-electron chi connectivity index (χ4n) is 3.26. The summed E-state index contributed by atoms with van der Waals surface area (Å²) in [6, 6.07) is 7.58. The number of anilines is 1. The molecule has 3 heterocycles. The smallest absolute Gasteiger partial charge is 0.252 e. The molecule has 3 rings (SSSR count). The minimum absolute atomic E-state index is 0.420. The van der Waals surface area contributed by atoms with E-state index in [9.17, 15) is 4.79 Å². The third-order valence-corrected chi connectivity index (χ3v) is 4.85. The topological polar surface area (TPSA) is 75.6 Å². The summed E-state index contributed by atoms with van der Waals surface area (Å²) in [5, 5.41) is 0. The van der Waals surface area contributed by atoms with Crippen molar-refractivity contribution in [3.05, 3.63) is 47.5 Å². The number of nitrogens with zero attached hydrogens (tertiary/aromatic N) is 3. The zero-order chi connectivity index (χ0) is 17.8. The molecular formula is C19H26N4O2. The number of hydrogen-bond donors (Lipinski definition) is 1. The number of aromatic nitrogens is 1. The van der Waals surface area contributed by atoms with Crippen LogP contribution in [0.3, 0.4) is 0 Å². The van der Waals surface area contributed by atoms with Gasteiger partial charge in [-0.15, -0.1) is 0 Å². The highest BCUT2D eigenvalue weighted by molar-refractivity contribution is 5.97. The Hall–Kier alpha value is -2.34. The number of carbonyl (C=O) groups is 1. The molecule has 1 saturated heterocycles. The molecule has 25 heavy (non-hydrogen) atoms. The first-order valence-corrected chi connectivity index (χ1v) is 8.83. The largest absolute Gasteiger partial charge is 0.466 e. The van der Waals surface area contributed by atoms with Crippen LogP contribution in [-0.2, 0) is 0 Å². The van der Waals surface area contributed by atoms with Crippen molar-refractivity contribution < 1.29 is 9.21 Å². The number of amides is 1. The van der Waals surface area contributed by atoms with Gasteiger partial charge in [-0.1, -0.05) is 6.92 Å². The minimum Gasteiger partial charge on any atom is -0.466 e.